The van der Waals surface area contributed by atoms with Crippen molar-refractivity contribution in [2.24, 2.45) is 0 Å². The van der Waals surface area contributed by atoms with E-state index in [-0.39, 0.29) is 0 Å². The van der Waals surface area contributed by atoms with Gasteiger partial charge in [-0.1, -0.05) is 41.5 Å². The highest BCUT2D eigenvalue weighted by Crippen LogP contribution is 2.30. The number of benzene rings is 2. The van der Waals surface area contributed by atoms with Crippen molar-refractivity contribution in [2.75, 3.05) is 5.75 Å². The van der Waals surface area contributed by atoms with Crippen molar-refractivity contribution in [2.45, 2.75) is 26.4 Å². The second-order valence-electron chi connectivity index (χ2n) is 7.06. The summed E-state index contributed by atoms with van der Waals surface area (Å²) >= 11 is 1.09. The Morgan fingerprint density at radius 2 is 1.73 bits per heavy atom. The smallest absolute Gasteiger partial charge is 0.169 e. The fraction of sp³-hybridized carbons (Fsp3) is 0.208. The molecule has 0 unspecified atom stereocenters. The Balaban J connectivity index is 1.48. The number of hydrogen-bond acceptors (Lipinski definition) is 4. The lowest BCUT2D eigenvalue weighted by Gasteiger charge is -2.02. The summed E-state index contributed by atoms with van der Waals surface area (Å²) in [5, 5.41) is 14.3. The van der Waals surface area contributed by atoms with Gasteiger partial charge in [-0.05, 0) is 36.2 Å². The van der Waals surface area contributed by atoms with Crippen molar-refractivity contribution in [1.29, 1.82) is 0 Å². The molecule has 0 amide bonds. The Kier molecular flexibility index (Phi) is 6.81. The molecule has 5 nitrogen and oxygen atoms in total. The van der Waals surface area contributed by atoms with Gasteiger partial charge in [0.2, 0.25) is 0 Å². The molecule has 154 valence electrons. The first-order valence-electron chi connectivity index (χ1n) is 10.1. The summed E-state index contributed by atoms with van der Waals surface area (Å²) < 4.78 is 8.87. The average molecular weight is 422 g/mol. The van der Waals surface area contributed by atoms with Gasteiger partial charge in [0.15, 0.2) is 12.4 Å². The van der Waals surface area contributed by atoms with Crippen molar-refractivity contribution in [3.8, 4) is 0 Å². The average Bonchev–Trinajstić information content (AvgIpc) is 3.11. The molecule has 0 spiro atoms. The number of rotatable bonds is 9. The number of hydrogen-bond donors (Lipinski definition) is 1. The molecular formula is C24H25N2O3S+. The van der Waals surface area contributed by atoms with E-state index in [1.165, 1.54) is 27.4 Å². The molecule has 30 heavy (non-hydrogen) atoms. The summed E-state index contributed by atoms with van der Waals surface area (Å²) in [6.07, 6.45) is 9.38. The molecule has 0 saturated heterocycles. The van der Waals surface area contributed by atoms with E-state index in [1.807, 2.05) is 0 Å². The maximum atomic E-state index is 8.10. The van der Waals surface area contributed by atoms with Crippen LogP contribution in [0.15, 0.2) is 67.0 Å². The van der Waals surface area contributed by atoms with Gasteiger partial charge in [0, 0.05) is 64.7 Å². The van der Waals surface area contributed by atoms with Crippen LogP contribution in [-0.4, -0.2) is 15.6 Å². The molecular weight excluding hydrogens is 396 g/mol. The summed E-state index contributed by atoms with van der Waals surface area (Å²) in [6.45, 7) is 4.03. The zero-order chi connectivity index (χ0) is 20.8. The topological polar surface area (TPSA) is 47.5 Å². The van der Waals surface area contributed by atoms with Gasteiger partial charge < -0.3 is 4.57 Å². The summed E-state index contributed by atoms with van der Waals surface area (Å²) in [7, 11) is 0. The molecule has 4 rings (SSSR count). The molecule has 0 aliphatic carbocycles. The van der Waals surface area contributed by atoms with E-state index in [4.69, 9.17) is 5.26 Å². The first-order valence-corrected chi connectivity index (χ1v) is 11.0. The molecule has 0 radical (unpaired) electrons. The number of para-hydroxylation sites is 1. The molecule has 0 fully saturated rings. The summed E-state index contributed by atoms with van der Waals surface area (Å²) in [5.74, 6) is 0.742. The zero-order valence-corrected chi connectivity index (χ0v) is 17.7. The minimum atomic E-state index is 0.742. The lowest BCUT2D eigenvalue weighted by Crippen LogP contribution is -2.32. The highest BCUT2D eigenvalue weighted by Gasteiger charge is 2.09. The SMILES string of the molecule is CCn1c2ccccc2c2cc(C=Cc3cc[n+](CCCSOOO)cc3)ccc21. The van der Waals surface area contributed by atoms with Crippen LogP contribution in [0.25, 0.3) is 34.0 Å². The van der Waals surface area contributed by atoms with Gasteiger partial charge in [0.1, 0.15) is 6.54 Å². The van der Waals surface area contributed by atoms with Crippen molar-refractivity contribution in [3.05, 3.63) is 78.1 Å². The molecule has 2 heterocycles. The molecule has 0 saturated carbocycles. The predicted molar refractivity (Wildman–Crippen MR) is 123 cm³/mol. The van der Waals surface area contributed by atoms with E-state index in [2.05, 4.69) is 105 Å². The van der Waals surface area contributed by atoms with Crippen LogP contribution in [0.4, 0.5) is 0 Å². The van der Waals surface area contributed by atoms with Crippen LogP contribution in [0.2, 0.25) is 0 Å². The third-order valence-electron chi connectivity index (χ3n) is 5.22. The first kappa shape index (κ1) is 20.6. The van der Waals surface area contributed by atoms with Gasteiger partial charge in [-0.3, -0.25) is 0 Å². The van der Waals surface area contributed by atoms with Crippen LogP contribution in [0.1, 0.15) is 24.5 Å². The van der Waals surface area contributed by atoms with Crippen LogP contribution in [0.3, 0.4) is 0 Å². The first-order chi connectivity index (χ1) is 14.8. The molecule has 2 aromatic carbocycles. The fourth-order valence-corrected chi connectivity index (χ4v) is 4.16. The molecule has 1 N–H and O–H groups in total. The third-order valence-corrected chi connectivity index (χ3v) is 5.83. The largest absolute Gasteiger partial charge is 0.341 e. The molecule has 0 aliphatic heterocycles. The van der Waals surface area contributed by atoms with Crippen molar-refractivity contribution < 1.29 is 19.2 Å². The number of aromatic nitrogens is 2. The zero-order valence-electron chi connectivity index (χ0n) is 16.9. The van der Waals surface area contributed by atoms with Crippen LogP contribution >= 0.6 is 12.0 Å². The second kappa shape index (κ2) is 9.91. The molecule has 2 aromatic heterocycles. The molecule has 6 heteroatoms. The number of nitrogens with zero attached hydrogens (tertiary/aromatic N) is 2. The molecule has 0 aliphatic rings. The van der Waals surface area contributed by atoms with Gasteiger partial charge >= 0.3 is 0 Å². The minimum absolute atomic E-state index is 0.742. The summed E-state index contributed by atoms with van der Waals surface area (Å²) in [6, 6.07) is 19.5. The van der Waals surface area contributed by atoms with E-state index >= 15 is 0 Å². The lowest BCUT2D eigenvalue weighted by molar-refractivity contribution is -0.696. The van der Waals surface area contributed by atoms with Crippen molar-refractivity contribution in [1.82, 2.24) is 4.57 Å². The Morgan fingerprint density at radius 3 is 2.53 bits per heavy atom. The Hall–Kier alpha value is -2.64. The normalized spacial score (nSPS) is 11.8. The number of fused-ring (bicyclic) bond motifs is 3. The Morgan fingerprint density at radius 1 is 0.967 bits per heavy atom. The maximum absolute atomic E-state index is 8.10. The third kappa shape index (κ3) is 4.57. The minimum Gasteiger partial charge on any atom is -0.341 e. The van der Waals surface area contributed by atoms with Gasteiger partial charge in [-0.25, -0.2) is 9.82 Å². The standard InChI is InChI=1S/C24H24N2O3S/c1-2-26-23-7-4-3-6-21(23)22-18-20(10-11-24(22)26)9-8-19-12-15-25(16-13-19)14-5-17-30-29-28-27/h3-4,6-13,15-16,18H,2,5,14,17H2,1H3/p+1. The van der Waals surface area contributed by atoms with Crippen molar-refractivity contribution >= 4 is 46.0 Å². The van der Waals surface area contributed by atoms with Gasteiger partial charge in [0.05, 0.1) is 0 Å². The number of aryl methyl sites for hydroxylation is 2. The Bertz CT molecular complexity index is 1150. The molecule has 0 atom stereocenters. The van der Waals surface area contributed by atoms with E-state index in [9.17, 15) is 0 Å². The van der Waals surface area contributed by atoms with E-state index in [0.29, 0.717) is 0 Å². The highest BCUT2D eigenvalue weighted by molar-refractivity contribution is 7.94. The van der Waals surface area contributed by atoms with E-state index < -0.39 is 0 Å². The van der Waals surface area contributed by atoms with E-state index in [0.717, 1.165) is 42.9 Å². The Labute approximate surface area is 180 Å². The molecule has 0 bridgehead atoms. The predicted octanol–water partition coefficient (Wildman–Crippen LogP) is 5.73. The van der Waals surface area contributed by atoms with Crippen LogP contribution < -0.4 is 4.57 Å². The lowest BCUT2D eigenvalue weighted by atomic mass is 10.1. The van der Waals surface area contributed by atoms with Crippen molar-refractivity contribution in [3.63, 3.8) is 0 Å². The van der Waals surface area contributed by atoms with Crippen LogP contribution in [0, 0.1) is 0 Å². The van der Waals surface area contributed by atoms with Gasteiger partial charge in [0.25, 0.3) is 0 Å². The van der Waals surface area contributed by atoms with Gasteiger partial charge in [-0.2, -0.15) is 0 Å². The van der Waals surface area contributed by atoms with E-state index in [1.54, 1.807) is 0 Å². The monoisotopic (exact) mass is 421 g/mol. The summed E-state index contributed by atoms with van der Waals surface area (Å²) in [5.41, 5.74) is 4.93. The highest BCUT2D eigenvalue weighted by atomic mass is 32.2. The maximum Gasteiger partial charge on any atom is 0.169 e. The fourth-order valence-electron chi connectivity index (χ4n) is 3.80. The summed E-state index contributed by atoms with van der Waals surface area (Å²) in [4.78, 5) is 0. The second-order valence-corrected chi connectivity index (χ2v) is 7.84. The molecule has 4 aromatic rings. The van der Waals surface area contributed by atoms with Crippen LogP contribution in [0.5, 0.6) is 0 Å². The quantitative estimate of drug-likeness (QED) is 0.123. The van der Waals surface area contributed by atoms with Crippen LogP contribution in [-0.2, 0) is 22.5 Å². The number of pyridine rings is 1. The van der Waals surface area contributed by atoms with Gasteiger partial charge in [-0.15, -0.1) is 4.33 Å².